The molecular formula is C13H22O2. The van der Waals surface area contributed by atoms with Gasteiger partial charge in [0.1, 0.15) is 11.6 Å². The van der Waals surface area contributed by atoms with Crippen molar-refractivity contribution in [2.24, 2.45) is 11.8 Å². The van der Waals surface area contributed by atoms with Crippen molar-refractivity contribution in [3.63, 3.8) is 0 Å². The predicted molar refractivity (Wildman–Crippen MR) is 60.7 cm³/mol. The van der Waals surface area contributed by atoms with Crippen molar-refractivity contribution in [3.05, 3.63) is 0 Å². The van der Waals surface area contributed by atoms with Crippen LogP contribution in [0, 0.1) is 11.8 Å². The summed E-state index contributed by atoms with van der Waals surface area (Å²) in [5.41, 5.74) is 0. The van der Waals surface area contributed by atoms with E-state index in [2.05, 4.69) is 6.92 Å². The van der Waals surface area contributed by atoms with E-state index in [1.807, 2.05) is 0 Å². The van der Waals surface area contributed by atoms with E-state index in [9.17, 15) is 9.59 Å². The lowest BCUT2D eigenvalue weighted by Crippen LogP contribution is -2.17. The lowest BCUT2D eigenvalue weighted by Gasteiger charge is -2.16. The minimum absolute atomic E-state index is 0.195. The molecular weight excluding hydrogens is 188 g/mol. The molecule has 0 saturated heterocycles. The Bertz CT molecular complexity index is 233. The maximum atomic E-state index is 11.6. The molecule has 0 aromatic carbocycles. The van der Waals surface area contributed by atoms with Crippen LogP contribution < -0.4 is 0 Å². The standard InChI is InChI=1S/C13H22O2/c1-3-4-5-6-12-11(9-10(2)14)7-8-13(12)15/h11-12H,3-9H2,1-2H3/t11-,12+/m1/s1. The van der Waals surface area contributed by atoms with Crippen molar-refractivity contribution < 1.29 is 9.59 Å². The van der Waals surface area contributed by atoms with Gasteiger partial charge >= 0.3 is 0 Å². The highest BCUT2D eigenvalue weighted by Gasteiger charge is 2.34. The Morgan fingerprint density at radius 2 is 2.13 bits per heavy atom. The highest BCUT2D eigenvalue weighted by molar-refractivity contribution is 5.85. The molecule has 0 bridgehead atoms. The molecule has 1 aliphatic carbocycles. The average Bonchev–Trinajstić information content (AvgIpc) is 2.49. The summed E-state index contributed by atoms with van der Waals surface area (Å²) in [5, 5.41) is 0. The molecule has 2 atom stereocenters. The van der Waals surface area contributed by atoms with Crippen LogP contribution in [0.15, 0.2) is 0 Å². The van der Waals surface area contributed by atoms with Gasteiger partial charge in [-0.1, -0.05) is 26.2 Å². The first-order chi connectivity index (χ1) is 7.15. The zero-order valence-corrected chi connectivity index (χ0v) is 9.92. The van der Waals surface area contributed by atoms with Gasteiger partial charge in [-0.25, -0.2) is 0 Å². The van der Waals surface area contributed by atoms with Crippen LogP contribution in [0.5, 0.6) is 0 Å². The zero-order chi connectivity index (χ0) is 11.3. The minimum atomic E-state index is 0.195. The molecule has 0 aromatic heterocycles. The summed E-state index contributed by atoms with van der Waals surface area (Å²) in [5.74, 6) is 1.18. The Hall–Kier alpha value is -0.660. The number of carbonyl (C=O) groups is 2. The van der Waals surface area contributed by atoms with Gasteiger partial charge in [0.2, 0.25) is 0 Å². The summed E-state index contributed by atoms with van der Waals surface area (Å²) < 4.78 is 0. The van der Waals surface area contributed by atoms with E-state index in [-0.39, 0.29) is 11.7 Å². The lowest BCUT2D eigenvalue weighted by atomic mass is 9.87. The number of unbranched alkanes of at least 4 members (excludes halogenated alkanes) is 2. The number of ketones is 2. The SMILES string of the molecule is CCCCC[C@@H]1C(=O)CC[C@@H]1CC(C)=O. The largest absolute Gasteiger partial charge is 0.300 e. The van der Waals surface area contributed by atoms with Crippen LogP contribution in [0.1, 0.15) is 58.8 Å². The summed E-state index contributed by atoms with van der Waals surface area (Å²) in [7, 11) is 0. The molecule has 15 heavy (non-hydrogen) atoms. The first kappa shape index (κ1) is 12.4. The van der Waals surface area contributed by atoms with E-state index >= 15 is 0 Å². The second-order valence-corrected chi connectivity index (χ2v) is 4.77. The molecule has 1 rings (SSSR count). The monoisotopic (exact) mass is 210 g/mol. The van der Waals surface area contributed by atoms with E-state index in [1.165, 1.54) is 12.8 Å². The van der Waals surface area contributed by atoms with Crippen molar-refractivity contribution in [1.82, 2.24) is 0 Å². The van der Waals surface area contributed by atoms with Crippen molar-refractivity contribution in [1.29, 1.82) is 0 Å². The molecule has 0 aliphatic heterocycles. The third-order valence-electron chi connectivity index (χ3n) is 3.41. The van der Waals surface area contributed by atoms with Crippen LogP contribution in [0.25, 0.3) is 0 Å². The Kier molecular flexibility index (Phi) is 5.00. The molecule has 1 fully saturated rings. The maximum Gasteiger partial charge on any atom is 0.136 e. The molecule has 0 radical (unpaired) electrons. The summed E-state index contributed by atoms with van der Waals surface area (Å²) in [4.78, 5) is 22.7. The van der Waals surface area contributed by atoms with Crippen molar-refractivity contribution in [2.45, 2.75) is 58.8 Å². The quantitative estimate of drug-likeness (QED) is 0.631. The molecule has 0 amide bonds. The van der Waals surface area contributed by atoms with Gasteiger partial charge in [-0.05, 0) is 25.7 Å². The van der Waals surface area contributed by atoms with Crippen molar-refractivity contribution >= 4 is 11.6 Å². The third kappa shape index (κ3) is 3.77. The smallest absolute Gasteiger partial charge is 0.136 e. The first-order valence-electron chi connectivity index (χ1n) is 6.17. The fraction of sp³-hybridized carbons (Fsp3) is 0.846. The maximum absolute atomic E-state index is 11.6. The number of rotatable bonds is 6. The van der Waals surface area contributed by atoms with Crippen LogP contribution in [0.3, 0.4) is 0 Å². The average molecular weight is 210 g/mol. The molecule has 2 heteroatoms. The molecule has 2 nitrogen and oxygen atoms in total. The second kappa shape index (κ2) is 6.04. The summed E-state index contributed by atoms with van der Waals surface area (Å²) in [6, 6.07) is 0. The van der Waals surface area contributed by atoms with E-state index in [0.717, 1.165) is 19.3 Å². The number of Topliss-reactive ketones (excluding diaryl/α,β-unsaturated/α-hetero) is 2. The minimum Gasteiger partial charge on any atom is -0.300 e. The number of hydrogen-bond donors (Lipinski definition) is 0. The second-order valence-electron chi connectivity index (χ2n) is 4.77. The molecule has 0 N–H and O–H groups in total. The van der Waals surface area contributed by atoms with Crippen molar-refractivity contribution in [2.75, 3.05) is 0 Å². The fourth-order valence-electron chi connectivity index (χ4n) is 2.60. The Balaban J connectivity index is 2.41. The molecule has 0 unspecified atom stereocenters. The van der Waals surface area contributed by atoms with Gasteiger partial charge < -0.3 is 4.79 Å². The van der Waals surface area contributed by atoms with Crippen LogP contribution in [0.4, 0.5) is 0 Å². The highest BCUT2D eigenvalue weighted by Crippen LogP contribution is 2.35. The molecule has 0 heterocycles. The number of carbonyl (C=O) groups excluding carboxylic acids is 2. The van der Waals surface area contributed by atoms with E-state index in [0.29, 0.717) is 24.5 Å². The van der Waals surface area contributed by atoms with Crippen LogP contribution in [-0.2, 0) is 9.59 Å². The molecule has 1 aliphatic rings. The Labute approximate surface area is 92.4 Å². The predicted octanol–water partition coefficient (Wildman–Crippen LogP) is 3.14. The third-order valence-corrected chi connectivity index (χ3v) is 3.41. The normalized spacial score (nSPS) is 25.9. The lowest BCUT2D eigenvalue weighted by molar-refractivity contribution is -0.122. The van der Waals surface area contributed by atoms with Gasteiger partial charge in [0.25, 0.3) is 0 Å². The van der Waals surface area contributed by atoms with Gasteiger partial charge in [-0.15, -0.1) is 0 Å². The first-order valence-corrected chi connectivity index (χ1v) is 6.17. The fourth-order valence-corrected chi connectivity index (χ4v) is 2.60. The zero-order valence-electron chi connectivity index (χ0n) is 9.92. The molecule has 1 saturated carbocycles. The van der Waals surface area contributed by atoms with Gasteiger partial charge in [0, 0.05) is 18.8 Å². The van der Waals surface area contributed by atoms with Gasteiger partial charge in [0.15, 0.2) is 0 Å². The number of hydrogen-bond acceptors (Lipinski definition) is 2. The Morgan fingerprint density at radius 3 is 2.73 bits per heavy atom. The van der Waals surface area contributed by atoms with Crippen molar-refractivity contribution in [3.8, 4) is 0 Å². The van der Waals surface area contributed by atoms with E-state index in [1.54, 1.807) is 6.92 Å². The topological polar surface area (TPSA) is 34.1 Å². The van der Waals surface area contributed by atoms with Gasteiger partial charge in [-0.3, -0.25) is 4.79 Å². The van der Waals surface area contributed by atoms with Crippen LogP contribution in [0.2, 0.25) is 0 Å². The van der Waals surface area contributed by atoms with Gasteiger partial charge in [-0.2, -0.15) is 0 Å². The highest BCUT2D eigenvalue weighted by atomic mass is 16.1. The summed E-state index contributed by atoms with van der Waals surface area (Å²) in [6.07, 6.45) is 6.80. The summed E-state index contributed by atoms with van der Waals surface area (Å²) >= 11 is 0. The molecule has 86 valence electrons. The van der Waals surface area contributed by atoms with E-state index in [4.69, 9.17) is 0 Å². The molecule has 0 spiro atoms. The van der Waals surface area contributed by atoms with Crippen LogP contribution >= 0.6 is 0 Å². The Morgan fingerprint density at radius 1 is 1.40 bits per heavy atom. The summed E-state index contributed by atoms with van der Waals surface area (Å²) in [6.45, 7) is 3.80. The van der Waals surface area contributed by atoms with E-state index < -0.39 is 0 Å². The van der Waals surface area contributed by atoms with Gasteiger partial charge in [0.05, 0.1) is 0 Å². The van der Waals surface area contributed by atoms with Crippen LogP contribution in [-0.4, -0.2) is 11.6 Å². The molecule has 0 aromatic rings.